The average molecular weight is 309 g/mol. The highest BCUT2D eigenvalue weighted by Gasteiger charge is 2.15. The van der Waals surface area contributed by atoms with E-state index < -0.39 is 0 Å². The van der Waals surface area contributed by atoms with E-state index in [1.807, 2.05) is 0 Å². The molecule has 1 N–H and O–H groups in total. The van der Waals surface area contributed by atoms with E-state index in [0.717, 1.165) is 19.0 Å². The lowest BCUT2D eigenvalue weighted by molar-refractivity contribution is 0.103. The van der Waals surface area contributed by atoms with E-state index in [-0.39, 0.29) is 5.91 Å². The highest BCUT2D eigenvalue weighted by molar-refractivity contribution is 7.18. The van der Waals surface area contributed by atoms with E-state index in [0.29, 0.717) is 14.9 Å². The summed E-state index contributed by atoms with van der Waals surface area (Å²) in [4.78, 5) is 23.2. The van der Waals surface area contributed by atoms with Gasteiger partial charge in [-0.15, -0.1) is 11.3 Å². The van der Waals surface area contributed by atoms with Gasteiger partial charge in [-0.25, -0.2) is 9.97 Å². The molecule has 0 unspecified atom stereocenters. The van der Waals surface area contributed by atoms with Crippen LogP contribution in [-0.2, 0) is 0 Å². The van der Waals surface area contributed by atoms with Crippen molar-refractivity contribution in [3.05, 3.63) is 33.7 Å². The second-order valence-electron chi connectivity index (χ2n) is 4.52. The summed E-state index contributed by atoms with van der Waals surface area (Å²) in [6.45, 7) is 2.00. The third kappa shape index (κ3) is 2.91. The number of halogens is 1. The molecule has 0 saturated carbocycles. The fourth-order valence-electron chi connectivity index (χ4n) is 2.10. The van der Waals surface area contributed by atoms with Gasteiger partial charge >= 0.3 is 0 Å². The number of amides is 1. The molecule has 1 saturated heterocycles. The summed E-state index contributed by atoms with van der Waals surface area (Å²) < 4.78 is 0.593. The van der Waals surface area contributed by atoms with Crippen LogP contribution in [0.4, 0.5) is 11.6 Å². The van der Waals surface area contributed by atoms with Crippen LogP contribution >= 0.6 is 22.9 Å². The van der Waals surface area contributed by atoms with Crippen molar-refractivity contribution in [1.29, 1.82) is 0 Å². The molecule has 0 aliphatic carbocycles. The maximum Gasteiger partial charge on any atom is 0.265 e. The fraction of sp³-hybridized carbons (Fsp3) is 0.308. The van der Waals surface area contributed by atoms with E-state index in [2.05, 4.69) is 20.2 Å². The molecule has 2 aromatic rings. The molecule has 0 aromatic carbocycles. The Hall–Kier alpha value is -1.66. The van der Waals surface area contributed by atoms with Gasteiger partial charge in [-0.05, 0) is 25.0 Å². The number of carbonyl (C=O) groups excluding carboxylic acids is 1. The molecule has 1 fully saturated rings. The van der Waals surface area contributed by atoms with Crippen molar-refractivity contribution >= 4 is 40.5 Å². The third-order valence-corrected chi connectivity index (χ3v) is 4.31. The zero-order valence-electron chi connectivity index (χ0n) is 10.7. The minimum atomic E-state index is -0.195. The molecule has 1 aliphatic rings. The lowest BCUT2D eigenvalue weighted by Gasteiger charge is -2.14. The van der Waals surface area contributed by atoms with Crippen LogP contribution in [0.2, 0.25) is 4.34 Å². The highest BCUT2D eigenvalue weighted by Crippen LogP contribution is 2.22. The van der Waals surface area contributed by atoms with Crippen molar-refractivity contribution < 1.29 is 4.79 Å². The number of thiophene rings is 1. The van der Waals surface area contributed by atoms with Crippen LogP contribution < -0.4 is 10.2 Å². The minimum absolute atomic E-state index is 0.195. The molecule has 1 aliphatic heterocycles. The monoisotopic (exact) mass is 308 g/mol. The molecule has 5 nitrogen and oxygen atoms in total. The first-order valence-corrected chi connectivity index (χ1v) is 7.55. The van der Waals surface area contributed by atoms with E-state index in [9.17, 15) is 4.79 Å². The second-order valence-corrected chi connectivity index (χ2v) is 6.24. The van der Waals surface area contributed by atoms with Crippen LogP contribution in [0.15, 0.2) is 24.5 Å². The molecule has 0 atom stereocenters. The summed E-state index contributed by atoms with van der Waals surface area (Å²) in [6.07, 6.45) is 5.63. The van der Waals surface area contributed by atoms with E-state index >= 15 is 0 Å². The summed E-state index contributed by atoms with van der Waals surface area (Å²) in [6, 6.07) is 3.40. The quantitative estimate of drug-likeness (QED) is 0.947. The van der Waals surface area contributed by atoms with Crippen molar-refractivity contribution in [2.75, 3.05) is 23.3 Å². The molecule has 3 heterocycles. The van der Waals surface area contributed by atoms with Gasteiger partial charge in [-0.3, -0.25) is 4.79 Å². The summed E-state index contributed by atoms with van der Waals surface area (Å²) in [7, 11) is 0. The Morgan fingerprint density at radius 1 is 1.25 bits per heavy atom. The number of rotatable bonds is 3. The van der Waals surface area contributed by atoms with Crippen molar-refractivity contribution in [2.24, 2.45) is 0 Å². The van der Waals surface area contributed by atoms with Crippen molar-refractivity contribution in [3.8, 4) is 0 Å². The SMILES string of the molecule is O=C(Nc1cnc(N2CCCC2)nc1)c1ccc(Cl)s1. The Bertz CT molecular complexity index is 607. The van der Waals surface area contributed by atoms with E-state index in [4.69, 9.17) is 11.6 Å². The van der Waals surface area contributed by atoms with Crippen LogP contribution in [0.25, 0.3) is 0 Å². The molecule has 0 spiro atoms. The molecule has 3 rings (SSSR count). The zero-order valence-corrected chi connectivity index (χ0v) is 12.2. The number of nitrogens with one attached hydrogen (secondary N) is 1. The van der Waals surface area contributed by atoms with Gasteiger partial charge in [0.2, 0.25) is 5.95 Å². The summed E-state index contributed by atoms with van der Waals surface area (Å²) in [5.74, 6) is 0.527. The van der Waals surface area contributed by atoms with Crippen molar-refractivity contribution in [1.82, 2.24) is 9.97 Å². The van der Waals surface area contributed by atoms with Gasteiger partial charge in [0.15, 0.2) is 0 Å². The van der Waals surface area contributed by atoms with E-state index in [1.165, 1.54) is 24.2 Å². The normalized spacial score (nSPS) is 14.6. The molecular formula is C13H13ClN4OS. The number of hydrogen-bond acceptors (Lipinski definition) is 5. The van der Waals surface area contributed by atoms with Gasteiger partial charge < -0.3 is 10.2 Å². The van der Waals surface area contributed by atoms with Gasteiger partial charge in [-0.1, -0.05) is 11.6 Å². The smallest absolute Gasteiger partial charge is 0.265 e. The Balaban J connectivity index is 1.67. The van der Waals surface area contributed by atoms with Crippen LogP contribution in [0.5, 0.6) is 0 Å². The largest absolute Gasteiger partial charge is 0.341 e. The zero-order chi connectivity index (χ0) is 13.9. The first kappa shape index (κ1) is 13.3. The number of aromatic nitrogens is 2. The fourth-order valence-corrected chi connectivity index (χ4v) is 3.03. The Morgan fingerprint density at radius 2 is 1.95 bits per heavy atom. The highest BCUT2D eigenvalue weighted by atomic mass is 35.5. The Kier molecular flexibility index (Phi) is 3.84. The number of carbonyl (C=O) groups is 1. The minimum Gasteiger partial charge on any atom is -0.341 e. The van der Waals surface area contributed by atoms with Crippen LogP contribution in [0, 0.1) is 0 Å². The van der Waals surface area contributed by atoms with E-state index in [1.54, 1.807) is 24.5 Å². The number of hydrogen-bond donors (Lipinski definition) is 1. The molecule has 20 heavy (non-hydrogen) atoms. The molecule has 0 radical (unpaired) electrons. The van der Waals surface area contributed by atoms with Crippen LogP contribution in [0.3, 0.4) is 0 Å². The maximum atomic E-state index is 11.9. The molecular weight excluding hydrogens is 296 g/mol. The van der Waals surface area contributed by atoms with Gasteiger partial charge in [0, 0.05) is 13.1 Å². The van der Waals surface area contributed by atoms with Gasteiger partial charge in [0.05, 0.1) is 27.3 Å². The third-order valence-electron chi connectivity index (χ3n) is 3.08. The Morgan fingerprint density at radius 3 is 2.55 bits per heavy atom. The second kappa shape index (κ2) is 5.76. The Labute approximate surface area is 125 Å². The molecule has 2 aromatic heterocycles. The summed E-state index contributed by atoms with van der Waals surface area (Å²) >= 11 is 7.05. The number of anilines is 2. The van der Waals surface area contributed by atoms with Gasteiger partial charge in [0.1, 0.15) is 0 Å². The maximum absolute atomic E-state index is 11.9. The topological polar surface area (TPSA) is 58.1 Å². The number of nitrogens with zero attached hydrogens (tertiary/aromatic N) is 3. The van der Waals surface area contributed by atoms with Crippen LogP contribution in [0.1, 0.15) is 22.5 Å². The molecule has 0 bridgehead atoms. The first-order chi connectivity index (χ1) is 9.72. The average Bonchev–Trinajstić information content (AvgIpc) is 3.10. The lowest BCUT2D eigenvalue weighted by Crippen LogP contribution is -2.20. The van der Waals surface area contributed by atoms with Crippen molar-refractivity contribution in [2.45, 2.75) is 12.8 Å². The molecule has 104 valence electrons. The van der Waals surface area contributed by atoms with Gasteiger partial charge in [-0.2, -0.15) is 0 Å². The molecule has 7 heteroatoms. The van der Waals surface area contributed by atoms with Crippen molar-refractivity contribution in [3.63, 3.8) is 0 Å². The summed E-state index contributed by atoms with van der Waals surface area (Å²) in [5, 5.41) is 2.76. The predicted molar refractivity (Wildman–Crippen MR) is 80.8 cm³/mol. The molecule has 1 amide bonds. The lowest BCUT2D eigenvalue weighted by atomic mass is 10.4. The summed E-state index contributed by atoms with van der Waals surface area (Å²) in [5.41, 5.74) is 0.586. The van der Waals surface area contributed by atoms with Crippen LogP contribution in [-0.4, -0.2) is 29.0 Å². The first-order valence-electron chi connectivity index (χ1n) is 6.36. The standard InChI is InChI=1S/C13H13ClN4OS/c14-11-4-3-10(20-11)12(19)17-9-7-15-13(16-8-9)18-5-1-2-6-18/h3-4,7-8H,1-2,5-6H2,(H,17,19). The predicted octanol–water partition coefficient (Wildman–Crippen LogP) is 3.04. The van der Waals surface area contributed by atoms with Gasteiger partial charge in [0.25, 0.3) is 5.91 Å².